The van der Waals surface area contributed by atoms with Crippen molar-refractivity contribution in [3.8, 4) is 0 Å². The molecule has 1 atom stereocenters. The van der Waals surface area contributed by atoms with E-state index in [0.29, 0.717) is 11.5 Å². The molecule has 1 aromatic rings. The quantitative estimate of drug-likeness (QED) is 0.645. The molecule has 0 spiro atoms. The van der Waals surface area contributed by atoms with Gasteiger partial charge in [0.2, 0.25) is 0 Å². The minimum absolute atomic E-state index is 0.358. The molecule has 0 fully saturated rings. The Morgan fingerprint density at radius 2 is 2.10 bits per heavy atom. The molecule has 0 saturated heterocycles. The van der Waals surface area contributed by atoms with Gasteiger partial charge in [-0.3, -0.25) is 4.90 Å². The fourth-order valence-electron chi connectivity index (χ4n) is 2.37. The third kappa shape index (κ3) is 5.94. The largest absolute Gasteiger partial charge is 0.316 e. The van der Waals surface area contributed by atoms with E-state index in [1.165, 1.54) is 17.7 Å². The van der Waals surface area contributed by atoms with Crippen molar-refractivity contribution in [2.24, 2.45) is 5.41 Å². The van der Waals surface area contributed by atoms with Crippen molar-refractivity contribution in [1.29, 1.82) is 0 Å². The van der Waals surface area contributed by atoms with Gasteiger partial charge in [0.15, 0.2) is 0 Å². The fourth-order valence-corrected chi connectivity index (χ4v) is 3.10. The van der Waals surface area contributed by atoms with Crippen molar-refractivity contribution in [2.75, 3.05) is 19.6 Å². The monoisotopic (exact) mass is 296 g/mol. The molecule has 0 aromatic carbocycles. The Hall–Kier alpha value is -0.380. The average molecular weight is 297 g/mol. The second-order valence-electron chi connectivity index (χ2n) is 6.42. The highest BCUT2D eigenvalue weighted by atomic mass is 32.1. The summed E-state index contributed by atoms with van der Waals surface area (Å²) in [4.78, 5) is 4.09. The van der Waals surface area contributed by atoms with Gasteiger partial charge in [-0.15, -0.1) is 11.3 Å². The van der Waals surface area contributed by atoms with Crippen LogP contribution in [0, 0.1) is 5.41 Å². The van der Waals surface area contributed by atoms with Gasteiger partial charge in [0.05, 0.1) is 0 Å². The first-order valence-electron chi connectivity index (χ1n) is 7.98. The van der Waals surface area contributed by atoms with E-state index in [-0.39, 0.29) is 0 Å². The molecule has 1 N–H and O–H groups in total. The Bertz CT molecular complexity index is 348. The number of nitrogens with zero attached hydrogens (tertiary/aromatic N) is 1. The van der Waals surface area contributed by atoms with Gasteiger partial charge in [0.25, 0.3) is 0 Å². The Balaban J connectivity index is 2.61. The van der Waals surface area contributed by atoms with Crippen molar-refractivity contribution in [3.05, 3.63) is 22.4 Å². The summed E-state index contributed by atoms with van der Waals surface area (Å²) in [6.45, 7) is 16.1. The molecule has 0 aliphatic carbocycles. The minimum Gasteiger partial charge on any atom is -0.316 e. The van der Waals surface area contributed by atoms with Crippen LogP contribution in [0.1, 0.15) is 52.3 Å². The molecule has 20 heavy (non-hydrogen) atoms. The Morgan fingerprint density at radius 3 is 2.60 bits per heavy atom. The average Bonchev–Trinajstić information content (AvgIpc) is 2.91. The Kier molecular flexibility index (Phi) is 7.78. The van der Waals surface area contributed by atoms with Crippen molar-refractivity contribution in [3.63, 3.8) is 0 Å². The molecule has 0 amide bonds. The smallest absolute Gasteiger partial charge is 0.0330 e. The lowest BCUT2D eigenvalue weighted by Gasteiger charge is -2.37. The Morgan fingerprint density at radius 1 is 1.35 bits per heavy atom. The van der Waals surface area contributed by atoms with E-state index in [1.54, 1.807) is 0 Å². The summed E-state index contributed by atoms with van der Waals surface area (Å²) in [5.41, 5.74) is 0.358. The van der Waals surface area contributed by atoms with Crippen LogP contribution in [0.5, 0.6) is 0 Å². The maximum Gasteiger partial charge on any atom is 0.0330 e. The zero-order valence-corrected chi connectivity index (χ0v) is 14.7. The van der Waals surface area contributed by atoms with Crippen LogP contribution in [-0.4, -0.2) is 30.6 Å². The lowest BCUT2D eigenvalue weighted by molar-refractivity contribution is 0.121. The Labute approximate surface area is 129 Å². The van der Waals surface area contributed by atoms with Crippen LogP contribution >= 0.6 is 11.3 Å². The second kappa shape index (κ2) is 8.81. The number of rotatable bonds is 10. The van der Waals surface area contributed by atoms with E-state index in [0.717, 1.165) is 26.2 Å². The van der Waals surface area contributed by atoms with Crippen LogP contribution in [0.3, 0.4) is 0 Å². The normalized spacial score (nSPS) is 14.9. The second-order valence-corrected chi connectivity index (χ2v) is 7.45. The molecular formula is C17H32N2S. The SMILES string of the molecule is CCCNCC(C)(CC)CN(Cc1cccs1)C(C)C. The van der Waals surface area contributed by atoms with Gasteiger partial charge in [-0.1, -0.05) is 26.8 Å². The number of hydrogen-bond acceptors (Lipinski definition) is 3. The number of hydrogen-bond donors (Lipinski definition) is 1. The van der Waals surface area contributed by atoms with Crippen molar-refractivity contribution in [1.82, 2.24) is 10.2 Å². The maximum absolute atomic E-state index is 3.61. The molecule has 0 bridgehead atoms. The van der Waals surface area contributed by atoms with Crippen molar-refractivity contribution in [2.45, 2.75) is 60.0 Å². The van der Waals surface area contributed by atoms with Crippen LogP contribution in [-0.2, 0) is 6.54 Å². The van der Waals surface area contributed by atoms with Crippen LogP contribution in [0.2, 0.25) is 0 Å². The van der Waals surface area contributed by atoms with Gasteiger partial charge in [-0.25, -0.2) is 0 Å². The fraction of sp³-hybridized carbons (Fsp3) is 0.765. The zero-order chi connectivity index (χ0) is 15.0. The molecular weight excluding hydrogens is 264 g/mol. The molecule has 1 aromatic heterocycles. The lowest BCUT2D eigenvalue weighted by atomic mass is 9.86. The van der Waals surface area contributed by atoms with Crippen LogP contribution in [0.4, 0.5) is 0 Å². The standard InChI is InChI=1S/C17H32N2S/c1-6-10-18-13-17(5,7-2)14-19(15(3)4)12-16-9-8-11-20-16/h8-9,11,15,18H,6-7,10,12-14H2,1-5H3. The summed E-state index contributed by atoms with van der Waals surface area (Å²) in [6, 6.07) is 4.99. The molecule has 0 aliphatic heterocycles. The van der Waals surface area contributed by atoms with E-state index >= 15 is 0 Å². The van der Waals surface area contributed by atoms with Gasteiger partial charge >= 0.3 is 0 Å². The third-order valence-corrected chi connectivity index (χ3v) is 4.95. The van der Waals surface area contributed by atoms with E-state index in [1.807, 2.05) is 11.3 Å². The number of thiophene rings is 1. The van der Waals surface area contributed by atoms with E-state index < -0.39 is 0 Å². The predicted molar refractivity (Wildman–Crippen MR) is 91.4 cm³/mol. The van der Waals surface area contributed by atoms with Gasteiger partial charge in [0.1, 0.15) is 0 Å². The van der Waals surface area contributed by atoms with E-state index in [2.05, 4.69) is 62.3 Å². The molecule has 116 valence electrons. The third-order valence-electron chi connectivity index (χ3n) is 4.09. The van der Waals surface area contributed by atoms with Crippen molar-refractivity contribution < 1.29 is 0 Å². The molecule has 1 unspecified atom stereocenters. The van der Waals surface area contributed by atoms with Gasteiger partial charge < -0.3 is 5.32 Å². The van der Waals surface area contributed by atoms with E-state index in [9.17, 15) is 0 Å². The first-order valence-corrected chi connectivity index (χ1v) is 8.86. The highest BCUT2D eigenvalue weighted by Crippen LogP contribution is 2.25. The van der Waals surface area contributed by atoms with Gasteiger partial charge in [-0.05, 0) is 50.1 Å². The van der Waals surface area contributed by atoms with E-state index in [4.69, 9.17) is 0 Å². The van der Waals surface area contributed by atoms with Gasteiger partial charge in [-0.2, -0.15) is 0 Å². The highest BCUT2D eigenvalue weighted by molar-refractivity contribution is 7.09. The van der Waals surface area contributed by atoms with Gasteiger partial charge in [0, 0.05) is 30.6 Å². The molecule has 0 radical (unpaired) electrons. The molecule has 2 nitrogen and oxygen atoms in total. The molecule has 1 rings (SSSR count). The first kappa shape index (κ1) is 17.7. The molecule has 0 aliphatic rings. The zero-order valence-electron chi connectivity index (χ0n) is 13.9. The maximum atomic E-state index is 3.61. The van der Waals surface area contributed by atoms with Crippen LogP contribution < -0.4 is 5.32 Å². The molecule has 3 heteroatoms. The molecule has 1 heterocycles. The van der Waals surface area contributed by atoms with Crippen molar-refractivity contribution >= 4 is 11.3 Å². The summed E-state index contributed by atoms with van der Waals surface area (Å²) in [5, 5.41) is 5.78. The first-order chi connectivity index (χ1) is 9.50. The summed E-state index contributed by atoms with van der Waals surface area (Å²) < 4.78 is 0. The summed E-state index contributed by atoms with van der Waals surface area (Å²) in [5.74, 6) is 0. The topological polar surface area (TPSA) is 15.3 Å². The lowest BCUT2D eigenvalue weighted by Crippen LogP contribution is -2.44. The summed E-state index contributed by atoms with van der Waals surface area (Å²) >= 11 is 1.87. The summed E-state index contributed by atoms with van der Waals surface area (Å²) in [6.07, 6.45) is 2.43. The van der Waals surface area contributed by atoms with Crippen LogP contribution in [0.25, 0.3) is 0 Å². The number of nitrogens with one attached hydrogen (secondary N) is 1. The predicted octanol–water partition coefficient (Wildman–Crippen LogP) is 4.37. The molecule has 0 saturated carbocycles. The minimum atomic E-state index is 0.358. The van der Waals surface area contributed by atoms with Crippen LogP contribution in [0.15, 0.2) is 17.5 Å². The highest BCUT2D eigenvalue weighted by Gasteiger charge is 2.26. The summed E-state index contributed by atoms with van der Waals surface area (Å²) in [7, 11) is 0.